The smallest absolute Gasteiger partial charge is 0.0702 e. The minimum absolute atomic E-state index is 0.0575. The average molecular weight is 272 g/mol. The van der Waals surface area contributed by atoms with Gasteiger partial charge in [0.25, 0.3) is 0 Å². The van der Waals surface area contributed by atoms with Crippen LogP contribution in [0.1, 0.15) is 11.1 Å². The number of fused-ring (bicyclic) bond motifs is 1. The normalized spacial score (nSPS) is 11.1. The summed E-state index contributed by atoms with van der Waals surface area (Å²) in [5.74, 6) is 0. The van der Waals surface area contributed by atoms with Crippen molar-refractivity contribution in [1.82, 2.24) is 4.57 Å². The van der Waals surface area contributed by atoms with Crippen LogP contribution in [0.25, 0.3) is 10.9 Å². The lowest BCUT2D eigenvalue weighted by molar-refractivity contribution is 0.283. The lowest BCUT2D eigenvalue weighted by atomic mass is 10.1. The van der Waals surface area contributed by atoms with Crippen LogP contribution in [0, 0.1) is 0 Å². The summed E-state index contributed by atoms with van der Waals surface area (Å²) in [5.41, 5.74) is 3.24. The van der Waals surface area contributed by atoms with Crippen molar-refractivity contribution < 1.29 is 5.11 Å². The fourth-order valence-electron chi connectivity index (χ4n) is 2.39. The van der Waals surface area contributed by atoms with E-state index in [1.165, 1.54) is 5.56 Å². The molecule has 0 amide bonds. The number of para-hydroxylation sites is 1. The van der Waals surface area contributed by atoms with E-state index in [4.69, 9.17) is 11.6 Å². The first-order chi connectivity index (χ1) is 9.28. The maximum atomic E-state index is 9.45. The second-order valence-corrected chi connectivity index (χ2v) is 5.02. The Hall–Kier alpha value is -1.77. The number of aromatic nitrogens is 1. The molecule has 3 heteroatoms. The molecular weight excluding hydrogens is 258 g/mol. The topological polar surface area (TPSA) is 25.2 Å². The first kappa shape index (κ1) is 12.3. The van der Waals surface area contributed by atoms with Gasteiger partial charge in [0.05, 0.1) is 12.1 Å². The van der Waals surface area contributed by atoms with Crippen LogP contribution >= 0.6 is 11.6 Å². The Kier molecular flexibility index (Phi) is 3.28. The van der Waals surface area contributed by atoms with Gasteiger partial charge in [0.2, 0.25) is 0 Å². The number of aliphatic hydroxyl groups is 1. The summed E-state index contributed by atoms with van der Waals surface area (Å²) in [6.45, 7) is 0.833. The summed E-state index contributed by atoms with van der Waals surface area (Å²) in [5, 5.41) is 11.4. The second-order valence-electron chi connectivity index (χ2n) is 4.58. The minimum Gasteiger partial charge on any atom is -0.392 e. The average Bonchev–Trinajstić information content (AvgIpc) is 2.85. The first-order valence-electron chi connectivity index (χ1n) is 6.20. The summed E-state index contributed by atoms with van der Waals surface area (Å²) in [6.07, 6.45) is 2.05. The highest BCUT2D eigenvalue weighted by molar-refractivity contribution is 6.30. The Morgan fingerprint density at radius 1 is 1.00 bits per heavy atom. The molecule has 0 aliphatic heterocycles. The van der Waals surface area contributed by atoms with Gasteiger partial charge in [-0.05, 0) is 29.1 Å². The highest BCUT2D eigenvalue weighted by atomic mass is 35.5. The Morgan fingerprint density at radius 2 is 1.79 bits per heavy atom. The van der Waals surface area contributed by atoms with Crippen LogP contribution in [0.3, 0.4) is 0 Å². The molecule has 1 heterocycles. The Labute approximate surface area is 116 Å². The zero-order chi connectivity index (χ0) is 13.2. The lowest BCUT2D eigenvalue weighted by Crippen LogP contribution is -2.00. The van der Waals surface area contributed by atoms with Crippen molar-refractivity contribution in [2.24, 2.45) is 0 Å². The van der Waals surface area contributed by atoms with Crippen LogP contribution in [0.5, 0.6) is 0 Å². The van der Waals surface area contributed by atoms with Gasteiger partial charge in [-0.15, -0.1) is 0 Å². The van der Waals surface area contributed by atoms with Gasteiger partial charge in [-0.3, -0.25) is 0 Å². The van der Waals surface area contributed by atoms with Crippen LogP contribution < -0.4 is 0 Å². The molecule has 0 aliphatic carbocycles. The number of hydrogen-bond donors (Lipinski definition) is 1. The molecule has 0 atom stereocenters. The molecule has 2 aromatic carbocycles. The van der Waals surface area contributed by atoms with Crippen molar-refractivity contribution in [3.8, 4) is 0 Å². The number of aliphatic hydroxyl groups excluding tert-OH is 1. The molecule has 3 rings (SSSR count). The molecule has 3 aromatic rings. The van der Waals surface area contributed by atoms with Crippen molar-refractivity contribution in [1.29, 1.82) is 0 Å². The summed E-state index contributed by atoms with van der Waals surface area (Å²) < 4.78 is 2.16. The molecule has 1 N–H and O–H groups in total. The molecule has 0 bridgehead atoms. The fourth-order valence-corrected chi connectivity index (χ4v) is 2.51. The largest absolute Gasteiger partial charge is 0.392 e. The van der Waals surface area contributed by atoms with E-state index in [1.54, 1.807) is 0 Å². The van der Waals surface area contributed by atoms with Crippen molar-refractivity contribution in [3.63, 3.8) is 0 Å². The predicted octanol–water partition coefficient (Wildman–Crippen LogP) is 3.84. The number of nitrogens with zero attached hydrogens (tertiary/aromatic N) is 1. The molecule has 0 spiro atoms. The van der Waals surface area contributed by atoms with Crippen LogP contribution in [0.15, 0.2) is 54.7 Å². The fraction of sp³-hybridized carbons (Fsp3) is 0.125. The van der Waals surface area contributed by atoms with Crippen molar-refractivity contribution >= 4 is 22.5 Å². The molecule has 0 aliphatic rings. The van der Waals surface area contributed by atoms with E-state index in [2.05, 4.69) is 22.9 Å². The van der Waals surface area contributed by atoms with E-state index in [9.17, 15) is 5.11 Å². The molecule has 0 unspecified atom stereocenters. The standard InChI is InChI=1S/C16H14ClNO/c17-15-6-4-12(5-7-15)10-18-9-8-13-2-1-3-14(11-19)16(13)18/h1-9,19H,10-11H2. The van der Waals surface area contributed by atoms with Gasteiger partial charge in [0.1, 0.15) is 0 Å². The van der Waals surface area contributed by atoms with Crippen LogP contribution in [0.4, 0.5) is 0 Å². The number of rotatable bonds is 3. The zero-order valence-corrected chi connectivity index (χ0v) is 11.1. The summed E-state index contributed by atoms with van der Waals surface area (Å²) >= 11 is 5.90. The number of halogens is 1. The van der Waals surface area contributed by atoms with E-state index in [0.29, 0.717) is 0 Å². The Balaban J connectivity index is 2.03. The Morgan fingerprint density at radius 3 is 2.53 bits per heavy atom. The molecule has 0 saturated heterocycles. The van der Waals surface area contributed by atoms with Gasteiger partial charge in [0.15, 0.2) is 0 Å². The maximum Gasteiger partial charge on any atom is 0.0702 e. The molecule has 2 nitrogen and oxygen atoms in total. The maximum absolute atomic E-state index is 9.45. The number of hydrogen-bond acceptors (Lipinski definition) is 1. The van der Waals surface area contributed by atoms with Crippen molar-refractivity contribution in [2.45, 2.75) is 13.2 Å². The molecule has 1 aromatic heterocycles. The van der Waals surface area contributed by atoms with Gasteiger partial charge in [-0.25, -0.2) is 0 Å². The van der Waals surface area contributed by atoms with Crippen molar-refractivity contribution in [3.05, 3.63) is 70.9 Å². The molecular formula is C16H14ClNO. The first-order valence-corrected chi connectivity index (χ1v) is 6.58. The van der Waals surface area contributed by atoms with Crippen LogP contribution in [-0.2, 0) is 13.2 Å². The summed E-state index contributed by atoms with van der Waals surface area (Å²) in [7, 11) is 0. The predicted molar refractivity (Wildman–Crippen MR) is 78.4 cm³/mol. The number of benzene rings is 2. The second kappa shape index (κ2) is 5.08. The van der Waals surface area contributed by atoms with E-state index >= 15 is 0 Å². The van der Waals surface area contributed by atoms with E-state index in [-0.39, 0.29) is 6.61 Å². The molecule has 19 heavy (non-hydrogen) atoms. The van der Waals surface area contributed by atoms with Crippen LogP contribution in [-0.4, -0.2) is 9.67 Å². The summed E-state index contributed by atoms with van der Waals surface area (Å²) in [6, 6.07) is 15.9. The van der Waals surface area contributed by atoms with Crippen molar-refractivity contribution in [2.75, 3.05) is 0 Å². The highest BCUT2D eigenvalue weighted by Gasteiger charge is 2.06. The molecule has 0 radical (unpaired) electrons. The van der Waals surface area contributed by atoms with E-state index in [0.717, 1.165) is 28.0 Å². The van der Waals surface area contributed by atoms with Gasteiger partial charge >= 0.3 is 0 Å². The third kappa shape index (κ3) is 2.37. The summed E-state index contributed by atoms with van der Waals surface area (Å²) in [4.78, 5) is 0. The third-order valence-electron chi connectivity index (χ3n) is 3.31. The van der Waals surface area contributed by atoms with E-state index < -0.39 is 0 Å². The zero-order valence-electron chi connectivity index (χ0n) is 10.4. The highest BCUT2D eigenvalue weighted by Crippen LogP contribution is 2.22. The SMILES string of the molecule is OCc1cccc2ccn(Cc3ccc(Cl)cc3)c12. The monoisotopic (exact) mass is 271 g/mol. The third-order valence-corrected chi connectivity index (χ3v) is 3.56. The molecule has 0 fully saturated rings. The van der Waals surface area contributed by atoms with Gasteiger partial charge < -0.3 is 9.67 Å². The quantitative estimate of drug-likeness (QED) is 0.769. The molecule has 96 valence electrons. The Bertz CT molecular complexity index is 700. The van der Waals surface area contributed by atoms with Gasteiger partial charge in [0, 0.05) is 23.3 Å². The minimum atomic E-state index is 0.0575. The lowest BCUT2D eigenvalue weighted by Gasteiger charge is -2.09. The van der Waals surface area contributed by atoms with Gasteiger partial charge in [-0.2, -0.15) is 0 Å². The van der Waals surface area contributed by atoms with Gasteiger partial charge in [-0.1, -0.05) is 41.9 Å². The van der Waals surface area contributed by atoms with Crippen LogP contribution in [0.2, 0.25) is 5.02 Å². The van der Waals surface area contributed by atoms with E-state index in [1.807, 2.05) is 36.4 Å². The molecule has 0 saturated carbocycles.